The number of esters is 2. The summed E-state index contributed by atoms with van der Waals surface area (Å²) < 4.78 is 77.4. The SMILES string of the molecule is C#CCN(c1ccc(N(CC(=O)O)S(=O)(=O)c2ccc(OC)c(C)c2)c2ccccc12)[C@@H](C)CC(=O)O.C#CCN(c1ccc(N(CC(=O)OC)S(=O)(=O)c2ccc(OC)c(C)c2)c2ccccc12)[C@@H](C)CC(=O)OC.[Li+].[OH-]. The summed E-state index contributed by atoms with van der Waals surface area (Å²) in [6.45, 7) is 6.01. The molecule has 0 aromatic heterocycles. The molecule has 0 amide bonds. The van der Waals surface area contributed by atoms with Gasteiger partial charge in [-0.25, -0.2) is 16.8 Å². The number of hydrogen-bond acceptors (Lipinski definition) is 15. The Bertz CT molecular complexity index is 3450. The number of terminal acetylenes is 2. The number of anilines is 4. The molecule has 0 saturated heterocycles. The van der Waals surface area contributed by atoms with Crippen molar-refractivity contribution in [1.29, 1.82) is 0 Å². The molecular formula is C56H61LiN4O15S2. The molecule has 78 heavy (non-hydrogen) atoms. The number of aliphatic carboxylic acids is 2. The average Bonchev–Trinajstić information content (AvgIpc) is 3.43. The van der Waals surface area contributed by atoms with Gasteiger partial charge in [0.05, 0.1) is 75.5 Å². The van der Waals surface area contributed by atoms with Crippen molar-refractivity contribution >= 4 is 88.2 Å². The van der Waals surface area contributed by atoms with Crippen LogP contribution < -0.4 is 46.7 Å². The third kappa shape index (κ3) is 14.8. The van der Waals surface area contributed by atoms with Crippen LogP contribution in [0.15, 0.2) is 119 Å². The maximum Gasteiger partial charge on any atom is 1.00 e. The van der Waals surface area contributed by atoms with E-state index in [-0.39, 0.29) is 83.4 Å². The van der Waals surface area contributed by atoms with Crippen LogP contribution in [0.5, 0.6) is 11.5 Å². The van der Waals surface area contributed by atoms with Crippen molar-refractivity contribution in [2.45, 2.75) is 62.4 Å². The number of carboxylic acid groups (broad SMARTS) is 2. The van der Waals surface area contributed by atoms with Gasteiger partial charge in [0.2, 0.25) is 0 Å². The molecule has 3 N–H and O–H groups in total. The smallest absolute Gasteiger partial charge is 0.870 e. The van der Waals surface area contributed by atoms with E-state index in [0.717, 1.165) is 8.61 Å². The maximum absolute atomic E-state index is 14.0. The van der Waals surface area contributed by atoms with Gasteiger partial charge in [-0.3, -0.25) is 27.8 Å². The van der Waals surface area contributed by atoms with Crippen LogP contribution in [0.2, 0.25) is 0 Å². The van der Waals surface area contributed by atoms with E-state index < -0.39 is 57.1 Å². The molecule has 0 radical (unpaired) electrons. The minimum Gasteiger partial charge on any atom is -0.870 e. The van der Waals surface area contributed by atoms with Crippen molar-refractivity contribution in [2.24, 2.45) is 0 Å². The van der Waals surface area contributed by atoms with Gasteiger partial charge in [-0.2, -0.15) is 0 Å². The van der Waals surface area contributed by atoms with E-state index in [0.29, 0.717) is 55.5 Å². The van der Waals surface area contributed by atoms with Crippen LogP contribution in [-0.4, -0.2) is 123 Å². The van der Waals surface area contributed by atoms with Crippen LogP contribution >= 0.6 is 0 Å². The van der Waals surface area contributed by atoms with Gasteiger partial charge in [-0.1, -0.05) is 60.4 Å². The minimum atomic E-state index is -4.29. The Morgan fingerprint density at radius 2 is 0.897 bits per heavy atom. The summed E-state index contributed by atoms with van der Waals surface area (Å²) in [5, 5.41) is 21.3. The molecule has 0 fully saturated rings. The largest absolute Gasteiger partial charge is 1.00 e. The molecule has 0 aliphatic heterocycles. The molecular weight excluding hydrogens is 1040 g/mol. The summed E-state index contributed by atoms with van der Waals surface area (Å²) in [6.07, 6.45) is 11.2. The predicted molar refractivity (Wildman–Crippen MR) is 294 cm³/mol. The first-order chi connectivity index (χ1) is 36.1. The number of carbonyl (C=O) groups is 4. The molecule has 6 rings (SSSR count). The summed E-state index contributed by atoms with van der Waals surface area (Å²) in [5.74, 6) is 2.81. The molecule has 0 aliphatic carbocycles. The number of aryl methyl sites for hydroxylation is 2. The number of fused-ring (bicyclic) bond motifs is 2. The minimum absolute atomic E-state index is 0. The standard InChI is InChI=1S/C29H32N2O7S.C27H28N2O7S.Li.H2O/c1-7-16-30(21(3)18-28(32)37-5)25-13-14-26(24-11-9-8-10-23(24)25)31(19-29(33)38-6)39(34,35)22-12-15-27(36-4)20(2)17-22;1-5-14-28(19(3)16-26(30)31)23-11-12-24(22-9-7-6-8-21(22)23)29(17-27(32)33)37(34,35)20-10-13-25(36-4)18(2)15-20;;/h1,8-15,17,21H,16,18-19H2,2-6H3;1,6-13,15,19H,14,16-17H2,2-4H3,(H,30,31)(H,32,33);;1H2/q;;+1;/p-1/t21-;19-;;/m00../s1. The Morgan fingerprint density at radius 3 is 1.23 bits per heavy atom. The predicted octanol–water partition coefficient (Wildman–Crippen LogP) is 4.48. The van der Waals surface area contributed by atoms with Gasteiger partial charge in [0, 0.05) is 45.0 Å². The number of carboxylic acids is 2. The first-order valence-electron chi connectivity index (χ1n) is 23.5. The monoisotopic (exact) mass is 1100 g/mol. The zero-order valence-electron chi connectivity index (χ0n) is 44.8. The van der Waals surface area contributed by atoms with E-state index in [1.165, 1.54) is 64.8 Å². The van der Waals surface area contributed by atoms with Gasteiger partial charge in [0.25, 0.3) is 20.0 Å². The van der Waals surface area contributed by atoms with E-state index in [2.05, 4.69) is 11.8 Å². The molecule has 0 unspecified atom stereocenters. The molecule has 2 atom stereocenters. The average molecular weight is 1100 g/mol. The third-order valence-electron chi connectivity index (χ3n) is 12.3. The number of carbonyl (C=O) groups excluding carboxylic acids is 2. The third-order valence-corrected chi connectivity index (χ3v) is 15.9. The first-order valence-corrected chi connectivity index (χ1v) is 26.3. The summed E-state index contributed by atoms with van der Waals surface area (Å²) in [7, 11) is -3.00. The fourth-order valence-corrected chi connectivity index (χ4v) is 11.6. The molecule has 0 bridgehead atoms. The fourth-order valence-electron chi connectivity index (χ4n) is 8.60. The van der Waals surface area contributed by atoms with Gasteiger partial charge in [0.1, 0.15) is 24.6 Å². The number of sulfonamides is 2. The second-order valence-electron chi connectivity index (χ2n) is 17.3. The molecule has 0 heterocycles. The number of ether oxygens (including phenoxy) is 4. The normalized spacial score (nSPS) is 11.6. The molecule has 6 aromatic rings. The summed E-state index contributed by atoms with van der Waals surface area (Å²) in [5.41, 5.74) is 2.98. The molecule has 22 heteroatoms. The van der Waals surface area contributed by atoms with E-state index in [1.54, 1.807) is 86.3 Å². The molecule has 0 spiro atoms. The molecule has 0 saturated carbocycles. The molecule has 408 valence electrons. The number of hydrogen-bond donors (Lipinski definition) is 2. The van der Waals surface area contributed by atoms with Crippen LogP contribution in [-0.2, 0) is 48.7 Å². The summed E-state index contributed by atoms with van der Waals surface area (Å²) in [4.78, 5) is 51.1. The van der Waals surface area contributed by atoms with Crippen molar-refractivity contribution in [2.75, 3.05) is 73.0 Å². The second-order valence-corrected chi connectivity index (χ2v) is 21.0. The van der Waals surface area contributed by atoms with Gasteiger partial charge in [0.15, 0.2) is 0 Å². The molecule has 0 aliphatic rings. The quantitative estimate of drug-likeness (QED) is 0.0540. The van der Waals surface area contributed by atoms with Gasteiger partial charge < -0.3 is 44.4 Å². The Hall–Kier alpha value is -7.90. The van der Waals surface area contributed by atoms with Crippen LogP contribution in [0.4, 0.5) is 22.7 Å². The second kappa shape index (κ2) is 28.5. The summed E-state index contributed by atoms with van der Waals surface area (Å²) in [6, 6.07) is 28.7. The Kier molecular flexibility index (Phi) is 23.5. The zero-order chi connectivity index (χ0) is 56.1. The first kappa shape index (κ1) is 64.4. The van der Waals surface area contributed by atoms with Crippen molar-refractivity contribution in [3.05, 3.63) is 120 Å². The van der Waals surface area contributed by atoms with Crippen molar-refractivity contribution < 1.29 is 89.5 Å². The number of rotatable bonds is 22. The van der Waals surface area contributed by atoms with E-state index >= 15 is 0 Å². The topological polar surface area (TPSA) is 257 Å². The number of nitrogens with zero attached hydrogens (tertiary/aromatic N) is 4. The van der Waals surface area contributed by atoms with Crippen LogP contribution in [0, 0.1) is 38.5 Å². The number of benzene rings is 6. The number of methoxy groups -OCH3 is 4. The van der Waals surface area contributed by atoms with Crippen molar-refractivity contribution in [1.82, 2.24) is 0 Å². The van der Waals surface area contributed by atoms with Gasteiger partial charge in [-0.05, 0) is 99.5 Å². The molecule has 6 aromatic carbocycles. The van der Waals surface area contributed by atoms with Gasteiger partial charge in [-0.15, -0.1) is 12.8 Å². The van der Waals surface area contributed by atoms with E-state index in [1.807, 2.05) is 24.0 Å². The maximum atomic E-state index is 14.0. The fraction of sp³-hybridized carbons (Fsp3) is 0.286. The van der Waals surface area contributed by atoms with Gasteiger partial charge >= 0.3 is 42.7 Å². The van der Waals surface area contributed by atoms with E-state index in [9.17, 15) is 46.2 Å². The zero-order valence-corrected chi connectivity index (χ0v) is 46.4. The van der Waals surface area contributed by atoms with Crippen LogP contribution in [0.3, 0.4) is 0 Å². The van der Waals surface area contributed by atoms with Crippen LogP contribution in [0.25, 0.3) is 21.5 Å². The Morgan fingerprint density at radius 1 is 0.538 bits per heavy atom. The Balaban J connectivity index is 0.000000401. The van der Waals surface area contributed by atoms with Crippen LogP contribution in [0.1, 0.15) is 37.8 Å². The molecule has 19 nitrogen and oxygen atoms in total. The van der Waals surface area contributed by atoms with Crippen molar-refractivity contribution in [3.63, 3.8) is 0 Å². The summed E-state index contributed by atoms with van der Waals surface area (Å²) >= 11 is 0. The van der Waals surface area contributed by atoms with Crippen molar-refractivity contribution in [3.8, 4) is 36.2 Å². The van der Waals surface area contributed by atoms with E-state index in [4.69, 9.17) is 31.8 Å². The Labute approximate surface area is 467 Å².